The Balaban J connectivity index is 1.26. The molecule has 37 heavy (non-hydrogen) atoms. The summed E-state index contributed by atoms with van der Waals surface area (Å²) in [6.45, 7) is 1.97. The minimum absolute atomic E-state index is 0.215. The maximum atomic E-state index is 6.21. The molecule has 0 spiro atoms. The molecular formula is C29H25N7O. The lowest BCUT2D eigenvalue weighted by atomic mass is 10.1. The van der Waals surface area contributed by atoms with E-state index in [-0.39, 0.29) is 6.10 Å². The molecule has 8 heteroatoms. The average Bonchev–Trinajstić information content (AvgIpc) is 3.58. The first-order valence-electron chi connectivity index (χ1n) is 12.5. The normalized spacial score (nSPS) is 14.4. The van der Waals surface area contributed by atoms with E-state index in [0.717, 1.165) is 87.5 Å². The van der Waals surface area contributed by atoms with Gasteiger partial charge in [0.2, 0.25) is 0 Å². The highest BCUT2D eigenvalue weighted by atomic mass is 16.5. The van der Waals surface area contributed by atoms with E-state index >= 15 is 0 Å². The molecule has 0 bridgehead atoms. The zero-order valence-electron chi connectivity index (χ0n) is 20.1. The predicted molar refractivity (Wildman–Crippen MR) is 144 cm³/mol. The van der Waals surface area contributed by atoms with Crippen molar-refractivity contribution in [2.75, 3.05) is 13.1 Å². The first-order valence-corrected chi connectivity index (χ1v) is 12.5. The molecule has 1 aliphatic heterocycles. The van der Waals surface area contributed by atoms with Crippen LogP contribution in [0.3, 0.4) is 0 Å². The van der Waals surface area contributed by atoms with Gasteiger partial charge in [-0.1, -0.05) is 18.2 Å². The van der Waals surface area contributed by atoms with Gasteiger partial charge in [-0.3, -0.25) is 15.1 Å². The fraction of sp³-hybridized carbons (Fsp3) is 0.172. The molecule has 7 rings (SSSR count). The second-order valence-corrected chi connectivity index (χ2v) is 9.31. The molecule has 3 N–H and O–H groups in total. The highest BCUT2D eigenvalue weighted by molar-refractivity contribution is 6.00. The zero-order chi connectivity index (χ0) is 24.6. The summed E-state index contributed by atoms with van der Waals surface area (Å²) < 4.78 is 6.21. The summed E-state index contributed by atoms with van der Waals surface area (Å²) in [5, 5.41) is 12.2. The number of H-pyrrole nitrogens is 2. The summed E-state index contributed by atoms with van der Waals surface area (Å²) in [5.41, 5.74) is 8.11. The van der Waals surface area contributed by atoms with Gasteiger partial charge in [-0.15, -0.1) is 0 Å². The zero-order valence-corrected chi connectivity index (χ0v) is 20.1. The maximum Gasteiger partial charge on any atom is 0.138 e. The van der Waals surface area contributed by atoms with Crippen LogP contribution in [0.15, 0.2) is 79.3 Å². The summed E-state index contributed by atoms with van der Waals surface area (Å²) in [6, 6.07) is 20.3. The Bertz CT molecular complexity index is 1700. The lowest BCUT2D eigenvalue weighted by molar-refractivity contribution is 0.162. The van der Waals surface area contributed by atoms with Gasteiger partial charge in [0, 0.05) is 34.4 Å². The molecule has 0 radical (unpaired) electrons. The number of hydrogen-bond donors (Lipinski definition) is 3. The van der Waals surface area contributed by atoms with Gasteiger partial charge in [-0.05, 0) is 68.4 Å². The SMILES string of the molecule is c1ccc(-c2cccc3[nH]c(-c4n[nH]c5ccc(-c6cncc(OC7CCNCC7)c6)nc45)cc23)nc1. The van der Waals surface area contributed by atoms with Gasteiger partial charge in [0.15, 0.2) is 0 Å². The molecule has 1 aromatic carbocycles. The molecule has 0 aliphatic carbocycles. The summed E-state index contributed by atoms with van der Waals surface area (Å²) in [5.74, 6) is 0.774. The van der Waals surface area contributed by atoms with Crippen LogP contribution in [0.1, 0.15) is 12.8 Å². The third-order valence-electron chi connectivity index (χ3n) is 6.87. The van der Waals surface area contributed by atoms with Crippen molar-refractivity contribution in [1.82, 2.24) is 35.5 Å². The van der Waals surface area contributed by atoms with E-state index in [0.29, 0.717) is 0 Å². The van der Waals surface area contributed by atoms with Crippen molar-refractivity contribution < 1.29 is 4.74 Å². The number of fused-ring (bicyclic) bond motifs is 2. The Kier molecular flexibility index (Phi) is 5.36. The number of piperidine rings is 1. The minimum atomic E-state index is 0.215. The van der Waals surface area contributed by atoms with Crippen LogP contribution in [-0.4, -0.2) is 49.3 Å². The van der Waals surface area contributed by atoms with Crippen LogP contribution < -0.4 is 10.1 Å². The monoisotopic (exact) mass is 487 g/mol. The van der Waals surface area contributed by atoms with Crippen LogP contribution in [0.25, 0.3) is 55.8 Å². The Morgan fingerprint density at radius 1 is 0.865 bits per heavy atom. The largest absolute Gasteiger partial charge is 0.489 e. The maximum absolute atomic E-state index is 6.21. The molecule has 5 aromatic heterocycles. The molecule has 0 saturated carbocycles. The molecule has 182 valence electrons. The number of hydrogen-bond acceptors (Lipinski definition) is 6. The molecule has 0 atom stereocenters. The molecule has 0 unspecified atom stereocenters. The lowest BCUT2D eigenvalue weighted by Crippen LogP contribution is -2.34. The van der Waals surface area contributed by atoms with Crippen LogP contribution >= 0.6 is 0 Å². The Morgan fingerprint density at radius 2 is 1.81 bits per heavy atom. The number of rotatable bonds is 5. The fourth-order valence-electron chi connectivity index (χ4n) is 5.00. The number of aromatic nitrogens is 6. The molecule has 1 saturated heterocycles. The van der Waals surface area contributed by atoms with E-state index in [9.17, 15) is 0 Å². The third-order valence-corrected chi connectivity index (χ3v) is 6.87. The smallest absolute Gasteiger partial charge is 0.138 e. The quantitative estimate of drug-likeness (QED) is 0.302. The van der Waals surface area contributed by atoms with Crippen LogP contribution in [0, 0.1) is 0 Å². The Morgan fingerprint density at radius 3 is 2.70 bits per heavy atom. The third kappa shape index (κ3) is 4.11. The minimum Gasteiger partial charge on any atom is -0.489 e. The summed E-state index contributed by atoms with van der Waals surface area (Å²) in [6.07, 6.45) is 7.63. The van der Waals surface area contributed by atoms with E-state index in [1.54, 1.807) is 6.20 Å². The summed E-state index contributed by atoms with van der Waals surface area (Å²) >= 11 is 0. The van der Waals surface area contributed by atoms with Crippen molar-refractivity contribution in [3.63, 3.8) is 0 Å². The van der Waals surface area contributed by atoms with Crippen LogP contribution in [-0.2, 0) is 0 Å². The van der Waals surface area contributed by atoms with Gasteiger partial charge in [0.25, 0.3) is 0 Å². The van der Waals surface area contributed by atoms with Crippen molar-refractivity contribution in [3.8, 4) is 39.7 Å². The number of nitrogens with one attached hydrogen (secondary N) is 3. The second kappa shape index (κ2) is 9.15. The van der Waals surface area contributed by atoms with Crippen molar-refractivity contribution in [2.24, 2.45) is 0 Å². The standard InChI is InChI=1S/C29H25N7O/c1-2-11-32-24(5-1)21-4-3-6-25-22(21)15-27(33-25)29-28-26(35-36-29)8-7-23(34-28)18-14-20(17-31-16-18)37-19-9-12-30-13-10-19/h1-8,11,14-17,19,30,33H,9-10,12-13H2,(H,35,36). The Hall–Kier alpha value is -4.56. The van der Waals surface area contributed by atoms with Crippen molar-refractivity contribution in [2.45, 2.75) is 18.9 Å². The van der Waals surface area contributed by atoms with Gasteiger partial charge in [0.05, 0.1) is 28.8 Å². The van der Waals surface area contributed by atoms with Crippen molar-refractivity contribution in [1.29, 1.82) is 0 Å². The average molecular weight is 488 g/mol. The summed E-state index contributed by atoms with van der Waals surface area (Å²) in [4.78, 5) is 17.5. The molecule has 0 amide bonds. The number of benzene rings is 1. The van der Waals surface area contributed by atoms with Crippen LogP contribution in [0.4, 0.5) is 0 Å². The number of aromatic amines is 2. The highest BCUT2D eigenvalue weighted by Crippen LogP contribution is 2.34. The van der Waals surface area contributed by atoms with E-state index in [4.69, 9.17) is 9.72 Å². The first-order chi connectivity index (χ1) is 18.3. The summed E-state index contributed by atoms with van der Waals surface area (Å²) in [7, 11) is 0. The van der Waals surface area contributed by atoms with E-state index < -0.39 is 0 Å². The molecule has 6 heterocycles. The number of nitrogens with zero attached hydrogens (tertiary/aromatic N) is 4. The first kappa shape index (κ1) is 21.7. The van der Waals surface area contributed by atoms with E-state index in [2.05, 4.69) is 48.7 Å². The van der Waals surface area contributed by atoms with Gasteiger partial charge in [0.1, 0.15) is 23.1 Å². The topological polar surface area (TPSA) is 104 Å². The van der Waals surface area contributed by atoms with Gasteiger partial charge in [-0.25, -0.2) is 4.98 Å². The molecule has 8 nitrogen and oxygen atoms in total. The lowest BCUT2D eigenvalue weighted by Gasteiger charge is -2.23. The van der Waals surface area contributed by atoms with Crippen LogP contribution in [0.5, 0.6) is 5.75 Å². The molecule has 1 aliphatic rings. The molecule has 1 fully saturated rings. The van der Waals surface area contributed by atoms with Gasteiger partial charge < -0.3 is 15.0 Å². The van der Waals surface area contributed by atoms with Crippen LogP contribution in [0.2, 0.25) is 0 Å². The van der Waals surface area contributed by atoms with Crippen molar-refractivity contribution >= 4 is 21.9 Å². The predicted octanol–water partition coefficient (Wildman–Crippen LogP) is 5.36. The molecule has 6 aromatic rings. The molecular weight excluding hydrogens is 462 g/mol. The van der Waals surface area contributed by atoms with E-state index in [1.165, 1.54) is 0 Å². The van der Waals surface area contributed by atoms with Gasteiger partial charge >= 0.3 is 0 Å². The van der Waals surface area contributed by atoms with Gasteiger partial charge in [-0.2, -0.15) is 5.10 Å². The highest BCUT2D eigenvalue weighted by Gasteiger charge is 2.17. The number of ether oxygens (including phenoxy) is 1. The second-order valence-electron chi connectivity index (χ2n) is 9.31. The van der Waals surface area contributed by atoms with Crippen molar-refractivity contribution in [3.05, 3.63) is 79.3 Å². The Labute approximate surface area is 213 Å². The number of pyridine rings is 3. The van der Waals surface area contributed by atoms with E-state index in [1.807, 2.05) is 54.9 Å². The fourth-order valence-corrected chi connectivity index (χ4v) is 5.00.